The molecule has 3 rings (SSSR count). The molecule has 1 heterocycles. The van der Waals surface area contributed by atoms with Crippen LogP contribution >= 0.6 is 0 Å². The predicted octanol–water partition coefficient (Wildman–Crippen LogP) is 2.80. The molecule has 0 spiro atoms. The van der Waals surface area contributed by atoms with E-state index >= 15 is 0 Å². The smallest absolute Gasteiger partial charge is 0.302 e. The molecule has 0 aromatic rings. The number of carbonyl (C=O) groups excluding carboxylic acids is 2. The first-order valence-corrected chi connectivity index (χ1v) is 7.88. The van der Waals surface area contributed by atoms with E-state index in [1.54, 1.807) is 0 Å². The van der Waals surface area contributed by atoms with E-state index in [0.29, 0.717) is 5.92 Å². The highest BCUT2D eigenvalue weighted by Crippen LogP contribution is 2.59. The summed E-state index contributed by atoms with van der Waals surface area (Å²) in [6, 6.07) is 0. The fraction of sp³-hybridized carbons (Fsp3) is 0.765. The minimum absolute atomic E-state index is 0.0228. The summed E-state index contributed by atoms with van der Waals surface area (Å²) in [5.74, 6) is 0.130. The van der Waals surface area contributed by atoms with Crippen LogP contribution in [0.15, 0.2) is 11.6 Å². The standard InChI is InChI=1S/C17H24O4/c1-11(19)20-14-6-7-17(3)15(21-17)5-4-12(10-18)8-13-9-16(13,14)2/h8,10,13-15H,4-7,9H2,1-3H3/b12-8+/t13-,14-,15+,16-,17-/m1/s1. The zero-order valence-electron chi connectivity index (χ0n) is 13.1. The van der Waals surface area contributed by atoms with Gasteiger partial charge in [0.2, 0.25) is 0 Å². The molecular weight excluding hydrogens is 268 g/mol. The van der Waals surface area contributed by atoms with Gasteiger partial charge in [0.1, 0.15) is 12.4 Å². The van der Waals surface area contributed by atoms with Crippen LogP contribution in [0, 0.1) is 11.3 Å². The van der Waals surface area contributed by atoms with Crippen LogP contribution in [0.5, 0.6) is 0 Å². The Balaban J connectivity index is 1.82. The topological polar surface area (TPSA) is 55.9 Å². The molecule has 0 aromatic heterocycles. The number of esters is 1. The fourth-order valence-electron chi connectivity index (χ4n) is 3.79. The Labute approximate surface area is 125 Å². The van der Waals surface area contributed by atoms with Crippen molar-refractivity contribution in [1.82, 2.24) is 0 Å². The molecule has 0 bridgehead atoms. The molecule has 2 fully saturated rings. The molecule has 116 valence electrons. The molecule has 0 amide bonds. The molecule has 4 nitrogen and oxygen atoms in total. The first-order valence-electron chi connectivity index (χ1n) is 7.88. The van der Waals surface area contributed by atoms with E-state index in [-0.39, 0.29) is 29.2 Å². The molecule has 21 heavy (non-hydrogen) atoms. The summed E-state index contributed by atoms with van der Waals surface area (Å²) in [6.07, 6.45) is 7.65. The van der Waals surface area contributed by atoms with E-state index in [4.69, 9.17) is 9.47 Å². The van der Waals surface area contributed by atoms with E-state index in [0.717, 1.165) is 44.0 Å². The number of hydrogen-bond donors (Lipinski definition) is 0. The van der Waals surface area contributed by atoms with Crippen LogP contribution in [0.25, 0.3) is 0 Å². The van der Waals surface area contributed by atoms with E-state index in [1.807, 2.05) is 0 Å². The number of fused-ring (bicyclic) bond motifs is 2. The second-order valence-electron chi connectivity index (χ2n) is 7.27. The largest absolute Gasteiger partial charge is 0.462 e. The van der Waals surface area contributed by atoms with Gasteiger partial charge in [-0.2, -0.15) is 0 Å². The van der Waals surface area contributed by atoms with E-state index in [2.05, 4.69) is 19.9 Å². The Bertz CT molecular complexity index is 497. The average Bonchev–Trinajstić information content (AvgIpc) is 3.26. The van der Waals surface area contributed by atoms with Crippen LogP contribution < -0.4 is 0 Å². The third-order valence-corrected chi connectivity index (χ3v) is 5.59. The predicted molar refractivity (Wildman–Crippen MR) is 77.7 cm³/mol. The number of aldehydes is 1. The van der Waals surface area contributed by atoms with Crippen LogP contribution in [-0.2, 0) is 19.1 Å². The Morgan fingerprint density at radius 1 is 1.43 bits per heavy atom. The molecule has 1 saturated heterocycles. The Morgan fingerprint density at radius 2 is 2.19 bits per heavy atom. The van der Waals surface area contributed by atoms with Crippen molar-refractivity contribution in [3.05, 3.63) is 11.6 Å². The average molecular weight is 292 g/mol. The van der Waals surface area contributed by atoms with Crippen molar-refractivity contribution in [3.8, 4) is 0 Å². The summed E-state index contributed by atoms with van der Waals surface area (Å²) >= 11 is 0. The Morgan fingerprint density at radius 3 is 2.86 bits per heavy atom. The van der Waals surface area contributed by atoms with Gasteiger partial charge in [-0.25, -0.2) is 0 Å². The lowest BCUT2D eigenvalue weighted by Crippen LogP contribution is -2.28. The molecule has 1 aliphatic heterocycles. The minimum Gasteiger partial charge on any atom is -0.462 e. The van der Waals surface area contributed by atoms with Crippen LogP contribution in [0.1, 0.15) is 52.9 Å². The van der Waals surface area contributed by atoms with Crippen LogP contribution in [0.3, 0.4) is 0 Å². The maximum atomic E-state index is 11.4. The summed E-state index contributed by atoms with van der Waals surface area (Å²) in [5, 5.41) is 0. The van der Waals surface area contributed by atoms with Crippen molar-refractivity contribution >= 4 is 12.3 Å². The van der Waals surface area contributed by atoms with Crippen molar-refractivity contribution in [2.75, 3.05) is 0 Å². The summed E-state index contributed by atoms with van der Waals surface area (Å²) < 4.78 is 11.4. The van der Waals surface area contributed by atoms with E-state index in [9.17, 15) is 9.59 Å². The molecule has 1 saturated carbocycles. The molecule has 4 heteroatoms. The highest BCUT2D eigenvalue weighted by atomic mass is 16.6. The monoisotopic (exact) mass is 292 g/mol. The zero-order chi connectivity index (χ0) is 15.3. The summed E-state index contributed by atoms with van der Waals surface area (Å²) in [6.45, 7) is 5.75. The van der Waals surface area contributed by atoms with Crippen LogP contribution in [-0.4, -0.2) is 30.1 Å². The second-order valence-corrected chi connectivity index (χ2v) is 7.27. The third-order valence-electron chi connectivity index (χ3n) is 5.59. The molecule has 3 aliphatic rings. The van der Waals surface area contributed by atoms with Gasteiger partial charge in [-0.15, -0.1) is 0 Å². The van der Waals surface area contributed by atoms with Gasteiger partial charge >= 0.3 is 5.97 Å². The minimum atomic E-state index is -0.222. The highest BCUT2D eigenvalue weighted by Gasteiger charge is 2.58. The van der Waals surface area contributed by atoms with Crippen molar-refractivity contribution in [3.63, 3.8) is 0 Å². The lowest BCUT2D eigenvalue weighted by molar-refractivity contribution is -0.150. The maximum Gasteiger partial charge on any atom is 0.302 e. The lowest BCUT2D eigenvalue weighted by Gasteiger charge is -2.25. The molecule has 5 atom stereocenters. The number of allylic oxidation sites excluding steroid dienone is 2. The Kier molecular flexibility index (Phi) is 3.47. The zero-order valence-corrected chi connectivity index (χ0v) is 13.1. The van der Waals surface area contributed by atoms with Gasteiger partial charge in [0.15, 0.2) is 0 Å². The molecule has 2 aliphatic carbocycles. The number of hydrogen-bond acceptors (Lipinski definition) is 4. The van der Waals surface area contributed by atoms with Gasteiger partial charge in [-0.1, -0.05) is 13.0 Å². The summed E-state index contributed by atoms with van der Waals surface area (Å²) in [5.41, 5.74) is 0.743. The summed E-state index contributed by atoms with van der Waals surface area (Å²) in [7, 11) is 0. The summed E-state index contributed by atoms with van der Waals surface area (Å²) in [4.78, 5) is 22.6. The molecule has 0 radical (unpaired) electrons. The van der Waals surface area contributed by atoms with E-state index < -0.39 is 0 Å². The Hall–Kier alpha value is -1.16. The van der Waals surface area contributed by atoms with Crippen molar-refractivity contribution in [2.24, 2.45) is 11.3 Å². The van der Waals surface area contributed by atoms with Crippen molar-refractivity contribution in [2.45, 2.75) is 70.7 Å². The molecule has 0 unspecified atom stereocenters. The van der Waals surface area contributed by atoms with Gasteiger partial charge in [-0.3, -0.25) is 9.59 Å². The molecule has 0 N–H and O–H groups in total. The van der Waals surface area contributed by atoms with Crippen LogP contribution in [0.4, 0.5) is 0 Å². The van der Waals surface area contributed by atoms with Gasteiger partial charge in [0, 0.05) is 12.3 Å². The van der Waals surface area contributed by atoms with Gasteiger partial charge in [0.25, 0.3) is 0 Å². The fourth-order valence-corrected chi connectivity index (χ4v) is 3.79. The number of ether oxygens (including phenoxy) is 2. The normalized spacial score (nSPS) is 47.8. The van der Waals surface area contributed by atoms with Gasteiger partial charge < -0.3 is 9.47 Å². The number of carbonyl (C=O) groups is 2. The maximum absolute atomic E-state index is 11.4. The lowest BCUT2D eigenvalue weighted by atomic mass is 9.90. The van der Waals surface area contributed by atoms with Gasteiger partial charge in [0.05, 0.1) is 11.7 Å². The van der Waals surface area contributed by atoms with Crippen molar-refractivity contribution in [1.29, 1.82) is 0 Å². The number of rotatable bonds is 2. The number of epoxide rings is 1. The molecular formula is C17H24O4. The highest BCUT2D eigenvalue weighted by molar-refractivity contribution is 5.73. The molecule has 0 aromatic carbocycles. The second kappa shape index (κ2) is 4.94. The van der Waals surface area contributed by atoms with E-state index in [1.165, 1.54) is 6.92 Å². The first kappa shape index (κ1) is 14.8. The van der Waals surface area contributed by atoms with Gasteiger partial charge in [-0.05, 0) is 50.5 Å². The van der Waals surface area contributed by atoms with Crippen LogP contribution in [0.2, 0.25) is 0 Å². The first-order chi connectivity index (χ1) is 9.87. The quantitative estimate of drug-likeness (QED) is 0.446. The third kappa shape index (κ3) is 2.78. The SMILES string of the molecule is CC(=O)O[C@@H]1CC[C@@]2(C)O[C@H]2CC/C(C=O)=C\[C@@H]2C[C@]21C. The van der Waals surface area contributed by atoms with Crippen molar-refractivity contribution < 1.29 is 19.1 Å².